The molecule has 2 aromatic rings. The predicted octanol–water partition coefficient (Wildman–Crippen LogP) is 3.77. The van der Waals surface area contributed by atoms with E-state index in [4.69, 9.17) is 4.74 Å². The average molecular weight is 342 g/mol. The van der Waals surface area contributed by atoms with E-state index < -0.39 is 23.5 Å². The molecule has 6 nitrogen and oxygen atoms in total. The average Bonchev–Trinajstić information content (AvgIpc) is 2.94. The van der Waals surface area contributed by atoms with Gasteiger partial charge in [-0.25, -0.2) is 9.78 Å². The second kappa shape index (κ2) is 7.42. The number of aryl methyl sites for hydroxylation is 1. The fourth-order valence-corrected chi connectivity index (χ4v) is 2.24. The number of imidazole rings is 1. The zero-order valence-corrected chi connectivity index (χ0v) is 15.1. The normalized spacial score (nSPS) is 12.5. The van der Waals surface area contributed by atoms with Crippen LogP contribution in [0, 0.1) is 6.92 Å². The third-order valence-corrected chi connectivity index (χ3v) is 3.46. The number of nitrogens with one attached hydrogen (secondary N) is 2. The molecular formula is C19H24N3O3. The van der Waals surface area contributed by atoms with Crippen LogP contribution in [0.25, 0.3) is 11.4 Å². The van der Waals surface area contributed by atoms with E-state index in [1.165, 1.54) is 5.56 Å². The molecule has 1 aromatic carbocycles. The summed E-state index contributed by atoms with van der Waals surface area (Å²) in [5, 5.41) is 14.3. The maximum Gasteiger partial charge on any atom is 0.408 e. The number of amides is 1. The van der Waals surface area contributed by atoms with Gasteiger partial charge >= 0.3 is 6.09 Å². The quantitative estimate of drug-likeness (QED) is 0.811. The van der Waals surface area contributed by atoms with Gasteiger partial charge in [-0.05, 0) is 27.7 Å². The van der Waals surface area contributed by atoms with Crippen molar-refractivity contribution in [2.45, 2.75) is 45.8 Å². The molecule has 25 heavy (non-hydrogen) atoms. The van der Waals surface area contributed by atoms with E-state index in [-0.39, 0.29) is 6.42 Å². The van der Waals surface area contributed by atoms with Crippen LogP contribution in [-0.4, -0.2) is 27.7 Å². The number of alkyl carbamates (subject to hydrolysis) is 1. The molecule has 2 N–H and O–H groups in total. The van der Waals surface area contributed by atoms with Gasteiger partial charge in [0.2, 0.25) is 0 Å². The Balaban J connectivity index is 2.06. The number of aromatic nitrogens is 2. The van der Waals surface area contributed by atoms with Crippen molar-refractivity contribution in [3.8, 4) is 11.4 Å². The van der Waals surface area contributed by atoms with Crippen LogP contribution in [-0.2, 0) is 16.3 Å². The fraction of sp³-hybridized carbons (Fsp3) is 0.368. The zero-order valence-electron chi connectivity index (χ0n) is 15.1. The maximum absolute atomic E-state index is 11.9. The lowest BCUT2D eigenvalue weighted by atomic mass is 10.1. The van der Waals surface area contributed by atoms with Gasteiger partial charge in [0.15, 0.2) is 5.76 Å². The van der Waals surface area contributed by atoms with Crippen LogP contribution < -0.4 is 5.32 Å². The third-order valence-electron chi connectivity index (χ3n) is 3.46. The van der Waals surface area contributed by atoms with E-state index in [0.717, 1.165) is 11.3 Å². The van der Waals surface area contributed by atoms with E-state index in [2.05, 4.69) is 21.9 Å². The van der Waals surface area contributed by atoms with Crippen molar-refractivity contribution in [1.82, 2.24) is 15.3 Å². The summed E-state index contributed by atoms with van der Waals surface area (Å²) >= 11 is 0. The largest absolute Gasteiger partial charge is 0.444 e. The molecule has 0 aliphatic carbocycles. The van der Waals surface area contributed by atoms with Gasteiger partial charge in [0, 0.05) is 23.9 Å². The van der Waals surface area contributed by atoms with Crippen LogP contribution in [0.15, 0.2) is 42.8 Å². The Morgan fingerprint density at radius 1 is 1.32 bits per heavy atom. The molecule has 0 unspecified atom stereocenters. The van der Waals surface area contributed by atoms with Gasteiger partial charge in [0.1, 0.15) is 11.4 Å². The highest BCUT2D eigenvalue weighted by atomic mass is 16.6. The number of H-pyrrole nitrogens is 1. The van der Waals surface area contributed by atoms with Gasteiger partial charge in [0.05, 0.1) is 6.04 Å². The lowest BCUT2D eigenvalue weighted by molar-refractivity contribution is 0.0495. The summed E-state index contributed by atoms with van der Waals surface area (Å²) in [6.45, 7) is 10.7. The molecule has 133 valence electrons. The van der Waals surface area contributed by atoms with Gasteiger partial charge in [-0.2, -0.15) is 0 Å². The van der Waals surface area contributed by atoms with Crippen molar-refractivity contribution < 1.29 is 14.6 Å². The molecule has 0 spiro atoms. The number of hydrogen-bond acceptors (Lipinski definition) is 3. The SMILES string of the molecule is C=C([O])[C@H](Cc1cnc(-c2ccc(C)cc2)[nH]1)NC(=O)OC(C)(C)C. The number of benzene rings is 1. The second-order valence-electron chi connectivity index (χ2n) is 6.99. The third kappa shape index (κ3) is 5.67. The summed E-state index contributed by atoms with van der Waals surface area (Å²) in [6, 6.07) is 7.18. The molecule has 1 atom stereocenters. The smallest absolute Gasteiger partial charge is 0.408 e. The van der Waals surface area contributed by atoms with E-state index >= 15 is 0 Å². The molecule has 2 rings (SSSR count). The number of nitrogens with zero attached hydrogens (tertiary/aromatic N) is 1. The number of hydrogen-bond donors (Lipinski definition) is 2. The summed E-state index contributed by atoms with van der Waals surface area (Å²) in [5.41, 5.74) is 2.22. The number of rotatable bonds is 5. The standard InChI is InChI=1S/C19H24N3O3/c1-12-6-8-14(9-7-12)17-20-11-15(21-17)10-16(13(2)23)22-18(24)25-19(3,4)5/h6-9,11,16H,2,10H2,1,3-5H3,(H,20,21)(H,22,24)/t16-/m0/s1. The summed E-state index contributed by atoms with van der Waals surface area (Å²) in [5.74, 6) is 0.319. The van der Waals surface area contributed by atoms with Crippen molar-refractivity contribution in [3.63, 3.8) is 0 Å². The molecule has 0 fully saturated rings. The molecule has 1 radical (unpaired) electrons. The van der Waals surface area contributed by atoms with Gasteiger partial charge in [0.25, 0.3) is 0 Å². The summed E-state index contributed by atoms with van der Waals surface area (Å²) in [4.78, 5) is 19.4. The topological polar surface area (TPSA) is 86.9 Å². The van der Waals surface area contributed by atoms with Gasteiger partial charge < -0.3 is 15.0 Å². The minimum atomic E-state index is -0.777. The van der Waals surface area contributed by atoms with E-state index in [1.54, 1.807) is 27.0 Å². The van der Waals surface area contributed by atoms with Crippen molar-refractivity contribution in [1.29, 1.82) is 0 Å². The molecule has 6 heteroatoms. The minimum Gasteiger partial charge on any atom is -0.444 e. The van der Waals surface area contributed by atoms with E-state index in [1.807, 2.05) is 31.2 Å². The van der Waals surface area contributed by atoms with Gasteiger partial charge in [-0.15, -0.1) is 0 Å². The molecule has 1 aromatic heterocycles. The number of carbonyl (C=O) groups excluding carboxylic acids is 1. The zero-order chi connectivity index (χ0) is 18.6. The Hall–Kier alpha value is -2.76. The second-order valence-corrected chi connectivity index (χ2v) is 6.99. The predicted molar refractivity (Wildman–Crippen MR) is 95.4 cm³/mol. The molecule has 0 saturated heterocycles. The van der Waals surface area contributed by atoms with Crippen LogP contribution in [0.3, 0.4) is 0 Å². The Labute approximate surface area is 147 Å². The first-order valence-electron chi connectivity index (χ1n) is 8.10. The Bertz CT molecular complexity index is 742. The summed E-state index contributed by atoms with van der Waals surface area (Å²) < 4.78 is 5.19. The number of carbonyl (C=O) groups is 1. The molecule has 0 bridgehead atoms. The van der Waals surface area contributed by atoms with Crippen LogP contribution in [0.4, 0.5) is 4.79 Å². The van der Waals surface area contributed by atoms with E-state index in [0.29, 0.717) is 5.82 Å². The van der Waals surface area contributed by atoms with Crippen molar-refractivity contribution in [2.75, 3.05) is 0 Å². The maximum atomic E-state index is 11.9. The highest BCUT2D eigenvalue weighted by Gasteiger charge is 2.23. The van der Waals surface area contributed by atoms with E-state index in [9.17, 15) is 9.90 Å². The van der Waals surface area contributed by atoms with Crippen LogP contribution in [0.5, 0.6) is 0 Å². The monoisotopic (exact) mass is 342 g/mol. The lowest BCUT2D eigenvalue weighted by Gasteiger charge is -2.22. The van der Waals surface area contributed by atoms with Crippen molar-refractivity contribution >= 4 is 6.09 Å². The fourth-order valence-electron chi connectivity index (χ4n) is 2.24. The van der Waals surface area contributed by atoms with Crippen molar-refractivity contribution in [3.05, 3.63) is 54.1 Å². The van der Waals surface area contributed by atoms with Crippen molar-refractivity contribution in [2.24, 2.45) is 0 Å². The number of ether oxygens (including phenoxy) is 1. The van der Waals surface area contributed by atoms with Gasteiger partial charge in [-0.1, -0.05) is 36.4 Å². The lowest BCUT2D eigenvalue weighted by Crippen LogP contribution is -2.41. The molecule has 1 amide bonds. The van der Waals surface area contributed by atoms with Gasteiger partial charge in [-0.3, -0.25) is 5.11 Å². The first-order chi connectivity index (χ1) is 11.6. The summed E-state index contributed by atoms with van der Waals surface area (Å²) in [6.07, 6.45) is 1.27. The Morgan fingerprint density at radius 3 is 2.52 bits per heavy atom. The first kappa shape index (κ1) is 18.6. The Kier molecular flexibility index (Phi) is 5.51. The molecule has 0 aliphatic rings. The summed E-state index contributed by atoms with van der Waals surface area (Å²) in [7, 11) is 0. The highest BCUT2D eigenvalue weighted by Crippen LogP contribution is 2.17. The first-order valence-corrected chi connectivity index (χ1v) is 8.10. The highest BCUT2D eigenvalue weighted by molar-refractivity contribution is 5.68. The van der Waals surface area contributed by atoms with Crippen LogP contribution in [0.1, 0.15) is 32.0 Å². The van der Waals surface area contributed by atoms with Crippen LogP contribution in [0.2, 0.25) is 0 Å². The molecular weight excluding hydrogens is 318 g/mol. The molecule has 1 heterocycles. The van der Waals surface area contributed by atoms with Crippen LogP contribution >= 0.6 is 0 Å². The molecule has 0 saturated carbocycles. The Morgan fingerprint density at radius 2 is 1.96 bits per heavy atom. The molecule has 0 aliphatic heterocycles. The minimum absolute atomic E-state index is 0.264. The number of aromatic amines is 1.